The number of hydrogen-bond acceptors (Lipinski definition) is 1. The van der Waals surface area contributed by atoms with E-state index < -0.39 is 5.60 Å². The Morgan fingerprint density at radius 3 is 2.46 bits per heavy atom. The Hall–Kier alpha value is -0.820. The van der Waals surface area contributed by atoms with E-state index in [0.717, 1.165) is 5.56 Å². The van der Waals surface area contributed by atoms with Crippen LogP contribution >= 0.6 is 0 Å². The second-order valence-corrected chi connectivity index (χ2v) is 4.24. The molecule has 1 saturated carbocycles. The first-order valence-electron chi connectivity index (χ1n) is 4.91. The molecule has 0 aliphatic heterocycles. The molecule has 1 aromatic rings. The molecule has 0 saturated heterocycles. The van der Waals surface area contributed by atoms with Gasteiger partial charge >= 0.3 is 0 Å². The van der Waals surface area contributed by atoms with E-state index in [-0.39, 0.29) is 0 Å². The molecule has 0 amide bonds. The molecule has 0 heterocycles. The summed E-state index contributed by atoms with van der Waals surface area (Å²) in [5.41, 5.74) is 1.68. The SMILES string of the molecule is Cc1ccccc1[C@@](C)(O)C1CC1. The van der Waals surface area contributed by atoms with E-state index in [4.69, 9.17) is 0 Å². The maximum Gasteiger partial charge on any atom is 0.0899 e. The molecule has 0 radical (unpaired) electrons. The molecule has 1 aliphatic carbocycles. The standard InChI is InChI=1S/C12H16O/c1-9-5-3-4-6-11(9)12(2,13)10-7-8-10/h3-6,10,13H,7-8H2,1-2H3/t12-/m0/s1. The highest BCUT2D eigenvalue weighted by atomic mass is 16.3. The third-order valence-electron chi connectivity index (χ3n) is 3.06. The highest BCUT2D eigenvalue weighted by Crippen LogP contribution is 2.46. The van der Waals surface area contributed by atoms with Crippen LogP contribution in [0.25, 0.3) is 0 Å². The van der Waals surface area contributed by atoms with Crippen molar-refractivity contribution in [1.82, 2.24) is 0 Å². The van der Waals surface area contributed by atoms with Crippen molar-refractivity contribution >= 4 is 0 Å². The van der Waals surface area contributed by atoms with Crippen molar-refractivity contribution < 1.29 is 5.11 Å². The molecule has 13 heavy (non-hydrogen) atoms. The van der Waals surface area contributed by atoms with Crippen LogP contribution in [0, 0.1) is 12.8 Å². The molecule has 1 atom stereocenters. The van der Waals surface area contributed by atoms with Crippen LogP contribution in [0.15, 0.2) is 24.3 Å². The summed E-state index contributed by atoms with van der Waals surface area (Å²) in [6, 6.07) is 8.11. The van der Waals surface area contributed by atoms with E-state index >= 15 is 0 Å². The van der Waals surface area contributed by atoms with Crippen molar-refractivity contribution in [2.75, 3.05) is 0 Å². The topological polar surface area (TPSA) is 20.2 Å². The zero-order valence-electron chi connectivity index (χ0n) is 8.25. The van der Waals surface area contributed by atoms with E-state index in [1.54, 1.807) is 0 Å². The molecule has 70 valence electrons. The fraction of sp³-hybridized carbons (Fsp3) is 0.500. The Kier molecular flexibility index (Phi) is 1.92. The molecule has 1 aromatic carbocycles. The number of rotatable bonds is 2. The van der Waals surface area contributed by atoms with Gasteiger partial charge in [-0.15, -0.1) is 0 Å². The lowest BCUT2D eigenvalue weighted by atomic mass is 9.88. The van der Waals surface area contributed by atoms with Crippen LogP contribution in [-0.2, 0) is 5.60 Å². The number of aliphatic hydroxyl groups is 1. The lowest BCUT2D eigenvalue weighted by Crippen LogP contribution is -2.24. The average Bonchev–Trinajstić information content (AvgIpc) is 2.86. The van der Waals surface area contributed by atoms with Gasteiger partial charge in [0.1, 0.15) is 0 Å². The Bertz CT molecular complexity index is 311. The molecule has 2 rings (SSSR count). The van der Waals surface area contributed by atoms with E-state index in [0.29, 0.717) is 5.92 Å². The summed E-state index contributed by atoms with van der Waals surface area (Å²) in [5, 5.41) is 10.3. The van der Waals surface area contributed by atoms with Crippen LogP contribution in [0.5, 0.6) is 0 Å². The molecule has 1 fully saturated rings. The first-order chi connectivity index (χ1) is 6.12. The predicted molar refractivity (Wildman–Crippen MR) is 53.5 cm³/mol. The van der Waals surface area contributed by atoms with Crippen molar-refractivity contribution in [3.05, 3.63) is 35.4 Å². The van der Waals surface area contributed by atoms with Crippen LogP contribution in [-0.4, -0.2) is 5.11 Å². The second-order valence-electron chi connectivity index (χ2n) is 4.24. The Balaban J connectivity index is 2.38. The van der Waals surface area contributed by atoms with Gasteiger partial charge in [-0.05, 0) is 43.7 Å². The van der Waals surface area contributed by atoms with Crippen molar-refractivity contribution in [3.63, 3.8) is 0 Å². The van der Waals surface area contributed by atoms with Gasteiger partial charge in [0.05, 0.1) is 5.60 Å². The first kappa shape index (κ1) is 8.76. The van der Waals surface area contributed by atoms with Gasteiger partial charge in [0.2, 0.25) is 0 Å². The van der Waals surface area contributed by atoms with Crippen LogP contribution in [0.4, 0.5) is 0 Å². The predicted octanol–water partition coefficient (Wildman–Crippen LogP) is 2.61. The smallest absolute Gasteiger partial charge is 0.0899 e. The number of benzene rings is 1. The maximum absolute atomic E-state index is 10.3. The third kappa shape index (κ3) is 1.49. The summed E-state index contributed by atoms with van der Waals surface area (Å²) in [7, 11) is 0. The molecule has 0 bridgehead atoms. The maximum atomic E-state index is 10.3. The fourth-order valence-electron chi connectivity index (χ4n) is 2.01. The minimum atomic E-state index is -0.606. The first-order valence-corrected chi connectivity index (χ1v) is 4.91. The zero-order chi connectivity index (χ0) is 9.47. The molecule has 0 spiro atoms. The molecule has 1 heteroatoms. The highest BCUT2D eigenvalue weighted by molar-refractivity contribution is 5.32. The van der Waals surface area contributed by atoms with Crippen LogP contribution < -0.4 is 0 Å². The summed E-state index contributed by atoms with van der Waals surface area (Å²) in [5.74, 6) is 0.480. The van der Waals surface area contributed by atoms with E-state index in [1.165, 1.54) is 18.4 Å². The van der Waals surface area contributed by atoms with Crippen LogP contribution in [0.1, 0.15) is 30.9 Å². The Morgan fingerprint density at radius 2 is 1.92 bits per heavy atom. The molecule has 1 aliphatic rings. The van der Waals surface area contributed by atoms with Crippen molar-refractivity contribution in [2.45, 2.75) is 32.3 Å². The van der Waals surface area contributed by atoms with Crippen LogP contribution in [0.3, 0.4) is 0 Å². The quantitative estimate of drug-likeness (QED) is 0.734. The summed E-state index contributed by atoms with van der Waals surface area (Å²) in [6.07, 6.45) is 2.34. The minimum Gasteiger partial charge on any atom is -0.385 e. The fourth-order valence-corrected chi connectivity index (χ4v) is 2.01. The third-order valence-corrected chi connectivity index (χ3v) is 3.06. The molecule has 1 N–H and O–H groups in total. The van der Waals surface area contributed by atoms with Crippen molar-refractivity contribution in [2.24, 2.45) is 5.92 Å². The van der Waals surface area contributed by atoms with Gasteiger partial charge in [-0.1, -0.05) is 24.3 Å². The van der Waals surface area contributed by atoms with Crippen LogP contribution in [0.2, 0.25) is 0 Å². The molecule has 0 unspecified atom stereocenters. The van der Waals surface area contributed by atoms with E-state index in [9.17, 15) is 5.11 Å². The zero-order valence-corrected chi connectivity index (χ0v) is 8.25. The molecule has 1 nitrogen and oxygen atoms in total. The summed E-state index contributed by atoms with van der Waals surface area (Å²) < 4.78 is 0. The second kappa shape index (κ2) is 2.85. The van der Waals surface area contributed by atoms with Crippen molar-refractivity contribution in [1.29, 1.82) is 0 Å². The van der Waals surface area contributed by atoms with Gasteiger partial charge in [-0.25, -0.2) is 0 Å². The van der Waals surface area contributed by atoms with Crippen molar-refractivity contribution in [3.8, 4) is 0 Å². The highest BCUT2D eigenvalue weighted by Gasteiger charge is 2.41. The minimum absolute atomic E-state index is 0.480. The molecular formula is C12H16O. The lowest BCUT2D eigenvalue weighted by Gasteiger charge is -2.25. The van der Waals surface area contributed by atoms with Gasteiger partial charge in [0, 0.05) is 0 Å². The molecule has 0 aromatic heterocycles. The average molecular weight is 176 g/mol. The molecular weight excluding hydrogens is 160 g/mol. The van der Waals surface area contributed by atoms with Gasteiger partial charge in [-0.2, -0.15) is 0 Å². The van der Waals surface area contributed by atoms with E-state index in [1.807, 2.05) is 25.1 Å². The number of aryl methyl sites for hydroxylation is 1. The Morgan fingerprint density at radius 1 is 1.31 bits per heavy atom. The Labute approximate surface area is 79.4 Å². The lowest BCUT2D eigenvalue weighted by molar-refractivity contribution is 0.0325. The number of hydrogen-bond donors (Lipinski definition) is 1. The van der Waals surface area contributed by atoms with Gasteiger partial charge < -0.3 is 5.11 Å². The summed E-state index contributed by atoms with van der Waals surface area (Å²) in [4.78, 5) is 0. The largest absolute Gasteiger partial charge is 0.385 e. The normalized spacial score (nSPS) is 21.2. The monoisotopic (exact) mass is 176 g/mol. The summed E-state index contributed by atoms with van der Waals surface area (Å²) >= 11 is 0. The van der Waals surface area contributed by atoms with Gasteiger partial charge in [-0.3, -0.25) is 0 Å². The van der Waals surface area contributed by atoms with Gasteiger partial charge in [0.15, 0.2) is 0 Å². The summed E-state index contributed by atoms with van der Waals surface area (Å²) in [6.45, 7) is 4.00. The van der Waals surface area contributed by atoms with E-state index in [2.05, 4.69) is 13.0 Å². The van der Waals surface area contributed by atoms with Gasteiger partial charge in [0.25, 0.3) is 0 Å².